The van der Waals surface area contributed by atoms with E-state index >= 15 is 0 Å². The van der Waals surface area contributed by atoms with Crippen molar-refractivity contribution in [3.8, 4) is 0 Å². The first-order valence-electron chi connectivity index (χ1n) is 12.5. The van der Waals surface area contributed by atoms with Gasteiger partial charge in [-0.25, -0.2) is 8.42 Å². The van der Waals surface area contributed by atoms with Gasteiger partial charge in [-0.15, -0.1) is 0 Å². The summed E-state index contributed by atoms with van der Waals surface area (Å²) in [6, 6.07) is 10.7. The smallest absolute Gasteiger partial charge is 0.178 e. The summed E-state index contributed by atoms with van der Waals surface area (Å²) in [6.07, 6.45) is 10.6. The maximum Gasteiger partial charge on any atom is 0.178 e. The second-order valence-electron chi connectivity index (χ2n) is 10.2. The minimum absolute atomic E-state index is 0.152. The quantitative estimate of drug-likeness (QED) is 0.310. The van der Waals surface area contributed by atoms with Crippen molar-refractivity contribution in [1.29, 1.82) is 0 Å². The Bertz CT molecular complexity index is 1160. The summed E-state index contributed by atoms with van der Waals surface area (Å²) in [4.78, 5) is 11.6. The van der Waals surface area contributed by atoms with Crippen molar-refractivity contribution in [2.75, 3.05) is 5.75 Å². The monoisotopic (exact) mass is 481 g/mol. The third-order valence-electron chi connectivity index (χ3n) is 7.02. The number of carboxylic acid groups (broad SMARTS) is 1. The third kappa shape index (κ3) is 6.18. The van der Waals surface area contributed by atoms with E-state index in [0.29, 0.717) is 11.3 Å². The number of fused-ring (bicyclic) bond motifs is 1. The first-order chi connectivity index (χ1) is 16.0. The van der Waals surface area contributed by atoms with Gasteiger partial charge in [-0.05, 0) is 77.1 Å². The molecule has 0 saturated carbocycles. The van der Waals surface area contributed by atoms with Gasteiger partial charge in [0.05, 0.1) is 16.6 Å². The Morgan fingerprint density at radius 2 is 1.68 bits per heavy atom. The molecule has 3 rings (SSSR count). The molecule has 0 spiro atoms. The highest BCUT2D eigenvalue weighted by Crippen LogP contribution is 2.41. The Kier molecular flexibility index (Phi) is 8.40. The molecule has 0 radical (unpaired) electrons. The summed E-state index contributed by atoms with van der Waals surface area (Å²) < 4.78 is 25.9. The molecule has 1 aliphatic heterocycles. The highest BCUT2D eigenvalue weighted by molar-refractivity contribution is 7.91. The van der Waals surface area contributed by atoms with E-state index in [2.05, 4.69) is 26.8 Å². The van der Waals surface area contributed by atoms with Crippen LogP contribution in [0.25, 0.3) is 11.6 Å². The number of carbonyl (C=O) groups excluding carboxylic acids is 1. The van der Waals surface area contributed by atoms with Crippen LogP contribution in [0.3, 0.4) is 0 Å². The third-order valence-corrected chi connectivity index (χ3v) is 8.77. The number of rotatable bonds is 10. The number of allylic oxidation sites excluding steroid dienone is 1. The lowest BCUT2D eigenvalue weighted by Crippen LogP contribution is -2.30. The average molecular weight is 482 g/mol. The lowest BCUT2D eigenvalue weighted by atomic mass is 9.79. The van der Waals surface area contributed by atoms with Crippen LogP contribution in [0.15, 0.2) is 41.3 Å². The highest BCUT2D eigenvalue weighted by atomic mass is 32.2. The van der Waals surface area contributed by atoms with Gasteiger partial charge in [0, 0.05) is 0 Å². The van der Waals surface area contributed by atoms with Crippen molar-refractivity contribution >= 4 is 27.5 Å². The zero-order chi connectivity index (χ0) is 24.9. The summed E-state index contributed by atoms with van der Waals surface area (Å²) >= 11 is 0. The SMILES string of the molecule is CCCCCCCCc1cc2c(cc1/C(C)=C/c1ccc(C(=O)[O-])cc1)C(C)(C)CCS2(=O)=O. The lowest BCUT2D eigenvalue weighted by molar-refractivity contribution is -0.255. The molecule has 0 N–H and O–H groups in total. The molecule has 1 heterocycles. The molecule has 34 heavy (non-hydrogen) atoms. The molecule has 0 unspecified atom stereocenters. The Labute approximate surface area is 205 Å². The molecule has 5 heteroatoms. The first-order valence-corrected chi connectivity index (χ1v) is 14.1. The predicted molar refractivity (Wildman–Crippen MR) is 138 cm³/mol. The summed E-state index contributed by atoms with van der Waals surface area (Å²) in [5.74, 6) is -0.991. The van der Waals surface area contributed by atoms with Gasteiger partial charge in [0.1, 0.15) is 0 Å². The van der Waals surface area contributed by atoms with E-state index in [9.17, 15) is 18.3 Å². The van der Waals surface area contributed by atoms with Gasteiger partial charge < -0.3 is 9.90 Å². The maximum atomic E-state index is 13.0. The summed E-state index contributed by atoms with van der Waals surface area (Å²) in [6.45, 7) is 8.50. The minimum Gasteiger partial charge on any atom is -0.545 e. The average Bonchev–Trinajstić information content (AvgIpc) is 2.79. The van der Waals surface area contributed by atoms with Gasteiger partial charge in [-0.2, -0.15) is 0 Å². The number of benzene rings is 2. The predicted octanol–water partition coefficient (Wildman–Crippen LogP) is 5.97. The molecule has 0 bridgehead atoms. The van der Waals surface area contributed by atoms with E-state index in [1.165, 1.54) is 25.7 Å². The largest absolute Gasteiger partial charge is 0.545 e. The molecule has 4 nitrogen and oxygen atoms in total. The molecule has 0 aromatic heterocycles. The molecular formula is C29H37O4S-. The molecule has 184 valence electrons. The van der Waals surface area contributed by atoms with Gasteiger partial charge in [-0.1, -0.05) is 83.2 Å². The van der Waals surface area contributed by atoms with E-state index in [1.54, 1.807) is 24.3 Å². The zero-order valence-electron chi connectivity index (χ0n) is 20.9. The molecule has 0 saturated heterocycles. The number of unbranched alkanes of at least 4 members (excludes halogenated alkanes) is 5. The molecule has 1 aliphatic rings. The molecule has 0 atom stereocenters. The van der Waals surface area contributed by atoms with Crippen molar-refractivity contribution in [2.24, 2.45) is 0 Å². The van der Waals surface area contributed by atoms with E-state index in [0.717, 1.165) is 47.1 Å². The molecule has 0 amide bonds. The molecule has 2 aromatic rings. The Morgan fingerprint density at radius 1 is 1.03 bits per heavy atom. The Hall–Kier alpha value is -2.40. The van der Waals surface area contributed by atoms with Crippen molar-refractivity contribution in [3.63, 3.8) is 0 Å². The summed E-state index contributed by atoms with van der Waals surface area (Å²) in [5.41, 5.74) is 4.96. The van der Waals surface area contributed by atoms with Crippen LogP contribution in [-0.4, -0.2) is 20.1 Å². The number of aryl methyl sites for hydroxylation is 1. The van der Waals surface area contributed by atoms with Gasteiger partial charge in [0.2, 0.25) is 0 Å². The van der Waals surface area contributed by atoms with E-state index in [1.807, 2.05) is 19.1 Å². The lowest BCUT2D eigenvalue weighted by Gasteiger charge is -2.33. The first kappa shape index (κ1) is 26.2. The molecular weight excluding hydrogens is 444 g/mol. The Balaban J connectivity index is 1.99. The van der Waals surface area contributed by atoms with Gasteiger partial charge in [-0.3, -0.25) is 0 Å². The summed E-state index contributed by atoms with van der Waals surface area (Å²) in [7, 11) is -3.27. The maximum absolute atomic E-state index is 13.0. The highest BCUT2D eigenvalue weighted by Gasteiger charge is 2.36. The number of hydrogen-bond acceptors (Lipinski definition) is 4. The summed E-state index contributed by atoms with van der Waals surface area (Å²) in [5, 5.41) is 11.1. The fraction of sp³-hybridized carbons (Fsp3) is 0.483. The van der Waals surface area contributed by atoms with Crippen LogP contribution in [0.5, 0.6) is 0 Å². The zero-order valence-corrected chi connectivity index (χ0v) is 21.8. The second-order valence-corrected chi connectivity index (χ2v) is 12.3. The van der Waals surface area contributed by atoms with Crippen LogP contribution in [0, 0.1) is 0 Å². The normalized spacial score (nSPS) is 16.8. The van der Waals surface area contributed by atoms with Crippen LogP contribution in [-0.2, 0) is 21.7 Å². The number of carboxylic acids is 1. The number of hydrogen-bond donors (Lipinski definition) is 0. The van der Waals surface area contributed by atoms with Crippen molar-refractivity contribution in [2.45, 2.75) is 89.4 Å². The van der Waals surface area contributed by atoms with Crippen molar-refractivity contribution in [3.05, 3.63) is 64.2 Å². The van der Waals surface area contributed by atoms with Crippen LogP contribution < -0.4 is 5.11 Å². The van der Waals surface area contributed by atoms with Crippen LogP contribution in [0.2, 0.25) is 0 Å². The Morgan fingerprint density at radius 3 is 2.32 bits per heavy atom. The fourth-order valence-electron chi connectivity index (χ4n) is 4.76. The number of aromatic carboxylic acids is 1. The standard InChI is InChI=1S/C29H38O4S/c1-5-6-7-8-9-10-11-24-19-27-26(29(3,4)16-17-34(27,32)33)20-25(24)21(2)18-22-12-14-23(15-13-22)28(30)31/h12-15,18-20H,5-11,16-17H2,1-4H3,(H,30,31)/p-1/b21-18+. The van der Waals surface area contributed by atoms with Gasteiger partial charge in [0.15, 0.2) is 9.84 Å². The van der Waals surface area contributed by atoms with Crippen LogP contribution in [0.4, 0.5) is 0 Å². The van der Waals surface area contributed by atoms with Crippen LogP contribution >= 0.6 is 0 Å². The van der Waals surface area contributed by atoms with Gasteiger partial charge >= 0.3 is 0 Å². The van der Waals surface area contributed by atoms with Crippen molar-refractivity contribution < 1.29 is 18.3 Å². The van der Waals surface area contributed by atoms with E-state index in [-0.39, 0.29) is 16.7 Å². The molecule has 2 aromatic carbocycles. The van der Waals surface area contributed by atoms with E-state index < -0.39 is 15.8 Å². The minimum atomic E-state index is -3.27. The van der Waals surface area contributed by atoms with Crippen molar-refractivity contribution in [1.82, 2.24) is 0 Å². The van der Waals surface area contributed by atoms with Gasteiger partial charge in [0.25, 0.3) is 0 Å². The number of sulfone groups is 1. The molecule has 0 fully saturated rings. The topological polar surface area (TPSA) is 74.3 Å². The second kappa shape index (κ2) is 10.9. The fourth-order valence-corrected chi connectivity index (χ4v) is 6.75. The number of carbonyl (C=O) groups is 1. The molecule has 0 aliphatic carbocycles. The van der Waals surface area contributed by atoms with E-state index in [4.69, 9.17) is 0 Å². The van der Waals surface area contributed by atoms with Crippen LogP contribution in [0.1, 0.15) is 105 Å².